The zero-order valence-corrected chi connectivity index (χ0v) is 12.0. The van der Waals surface area contributed by atoms with Gasteiger partial charge in [0.2, 0.25) is 0 Å². The molecule has 1 heterocycles. The maximum Gasteiger partial charge on any atom is 0.264 e. The average molecular weight is 275 g/mol. The van der Waals surface area contributed by atoms with Crippen LogP contribution < -0.4 is 10.5 Å². The van der Waals surface area contributed by atoms with Crippen LogP contribution in [0.25, 0.3) is 0 Å². The molecule has 0 amide bonds. The number of aryl methyl sites for hydroxylation is 1. The number of nitrogens with zero attached hydrogens (tertiary/aromatic N) is 2. The third kappa shape index (κ3) is 3.57. The highest BCUT2D eigenvalue weighted by Crippen LogP contribution is 2.25. The van der Waals surface area contributed by atoms with Crippen LogP contribution in [0.5, 0.6) is 5.75 Å². The predicted molar refractivity (Wildman–Crippen MR) is 76.3 cm³/mol. The largest absolute Gasteiger partial charge is 0.483 e. The van der Waals surface area contributed by atoms with Gasteiger partial charge in [-0.05, 0) is 18.9 Å². The third-order valence-electron chi connectivity index (χ3n) is 3.09. The molecule has 0 bridgehead atoms. The molecule has 5 heteroatoms. The fourth-order valence-corrected chi connectivity index (χ4v) is 1.95. The Hall–Kier alpha value is -1.88. The summed E-state index contributed by atoms with van der Waals surface area (Å²) in [6, 6.07) is 7.76. The minimum absolute atomic E-state index is 0.0236. The molecule has 1 aromatic heterocycles. The maximum absolute atomic E-state index is 6.08. The fraction of sp³-hybridized carbons (Fsp3) is 0.467. The molecule has 0 aliphatic rings. The summed E-state index contributed by atoms with van der Waals surface area (Å²) in [6.07, 6.45) is 2.68. The van der Waals surface area contributed by atoms with Gasteiger partial charge in [0.25, 0.3) is 5.89 Å². The summed E-state index contributed by atoms with van der Waals surface area (Å²) in [4.78, 5) is 4.28. The van der Waals surface area contributed by atoms with Crippen LogP contribution in [0.4, 0.5) is 0 Å². The molecule has 0 aliphatic carbocycles. The third-order valence-corrected chi connectivity index (χ3v) is 3.09. The molecule has 5 nitrogen and oxygen atoms in total. The Morgan fingerprint density at radius 1 is 1.30 bits per heavy atom. The smallest absolute Gasteiger partial charge is 0.264 e. The second-order valence-corrected chi connectivity index (χ2v) is 4.70. The number of para-hydroxylation sites is 1. The Bertz CT molecular complexity index is 539. The van der Waals surface area contributed by atoms with Crippen molar-refractivity contribution in [1.82, 2.24) is 10.1 Å². The first-order chi connectivity index (χ1) is 9.74. The molecule has 2 aromatic rings. The van der Waals surface area contributed by atoms with Gasteiger partial charge in [-0.2, -0.15) is 4.98 Å². The Kier molecular flexibility index (Phi) is 5.12. The van der Waals surface area contributed by atoms with E-state index in [0.717, 1.165) is 36.4 Å². The van der Waals surface area contributed by atoms with Crippen LogP contribution in [0.3, 0.4) is 0 Å². The summed E-state index contributed by atoms with van der Waals surface area (Å²) in [6.45, 7) is 4.40. The average Bonchev–Trinajstić information content (AvgIpc) is 2.93. The summed E-state index contributed by atoms with van der Waals surface area (Å²) in [5, 5.41) is 3.90. The van der Waals surface area contributed by atoms with Gasteiger partial charge in [0.1, 0.15) is 5.75 Å². The first-order valence-corrected chi connectivity index (χ1v) is 7.03. The first-order valence-electron chi connectivity index (χ1n) is 7.03. The molecule has 0 spiro atoms. The van der Waals surface area contributed by atoms with Gasteiger partial charge in [-0.15, -0.1) is 0 Å². The van der Waals surface area contributed by atoms with E-state index in [0.29, 0.717) is 5.89 Å². The Balaban J connectivity index is 2.02. The highest BCUT2D eigenvalue weighted by Gasteiger charge is 2.12. The number of aromatic nitrogens is 2. The molecule has 0 radical (unpaired) electrons. The van der Waals surface area contributed by atoms with E-state index in [1.807, 2.05) is 24.3 Å². The Labute approximate surface area is 119 Å². The first kappa shape index (κ1) is 14.5. The lowest BCUT2D eigenvalue weighted by atomic mass is 10.0. The van der Waals surface area contributed by atoms with Crippen LogP contribution in [-0.4, -0.2) is 10.1 Å². The van der Waals surface area contributed by atoms with Gasteiger partial charge < -0.3 is 15.0 Å². The molecular formula is C15H21N3O2. The van der Waals surface area contributed by atoms with Crippen molar-refractivity contribution < 1.29 is 9.26 Å². The zero-order valence-electron chi connectivity index (χ0n) is 12.0. The van der Waals surface area contributed by atoms with Gasteiger partial charge in [-0.25, -0.2) is 0 Å². The van der Waals surface area contributed by atoms with Crippen molar-refractivity contribution in [2.45, 2.75) is 45.8 Å². The predicted octanol–water partition coefficient (Wildman–Crippen LogP) is 3.01. The van der Waals surface area contributed by atoms with Crippen molar-refractivity contribution in [2.24, 2.45) is 5.73 Å². The minimum Gasteiger partial charge on any atom is -0.483 e. The molecule has 1 atom stereocenters. The molecule has 1 aromatic carbocycles. The van der Waals surface area contributed by atoms with Crippen LogP contribution in [0.2, 0.25) is 0 Å². The van der Waals surface area contributed by atoms with E-state index in [4.69, 9.17) is 15.0 Å². The fourth-order valence-electron chi connectivity index (χ4n) is 1.95. The summed E-state index contributed by atoms with van der Waals surface area (Å²) < 4.78 is 10.9. The number of hydrogen-bond acceptors (Lipinski definition) is 5. The molecule has 2 N–H and O–H groups in total. The highest BCUT2D eigenvalue weighted by atomic mass is 16.5. The number of rotatable bonds is 7. The van der Waals surface area contributed by atoms with Crippen molar-refractivity contribution in [3.63, 3.8) is 0 Å². The lowest BCUT2D eigenvalue weighted by molar-refractivity contribution is 0.239. The summed E-state index contributed by atoms with van der Waals surface area (Å²) >= 11 is 0. The normalized spacial score (nSPS) is 12.3. The van der Waals surface area contributed by atoms with Crippen LogP contribution in [0.15, 0.2) is 28.8 Å². The molecule has 0 aliphatic heterocycles. The summed E-state index contributed by atoms with van der Waals surface area (Å²) in [7, 11) is 0. The van der Waals surface area contributed by atoms with E-state index in [9.17, 15) is 0 Å². The van der Waals surface area contributed by atoms with Gasteiger partial charge in [-0.3, -0.25) is 0 Å². The van der Waals surface area contributed by atoms with E-state index in [1.165, 1.54) is 0 Å². The molecule has 20 heavy (non-hydrogen) atoms. The van der Waals surface area contributed by atoms with Crippen molar-refractivity contribution in [1.29, 1.82) is 0 Å². The van der Waals surface area contributed by atoms with E-state index in [-0.39, 0.29) is 12.6 Å². The van der Waals surface area contributed by atoms with Crippen molar-refractivity contribution in [3.8, 4) is 5.75 Å². The molecule has 0 saturated heterocycles. The molecular weight excluding hydrogens is 254 g/mol. The highest BCUT2D eigenvalue weighted by molar-refractivity contribution is 5.35. The van der Waals surface area contributed by atoms with Crippen molar-refractivity contribution >= 4 is 0 Å². The van der Waals surface area contributed by atoms with E-state index >= 15 is 0 Å². The van der Waals surface area contributed by atoms with Gasteiger partial charge >= 0.3 is 0 Å². The summed E-state index contributed by atoms with van der Waals surface area (Å²) in [5.41, 5.74) is 7.08. The second kappa shape index (κ2) is 7.05. The number of ether oxygens (including phenoxy) is 1. The Morgan fingerprint density at radius 3 is 2.85 bits per heavy atom. The zero-order chi connectivity index (χ0) is 14.4. The Morgan fingerprint density at radius 2 is 2.10 bits per heavy atom. The van der Waals surface area contributed by atoms with Crippen LogP contribution in [0, 0.1) is 0 Å². The van der Waals surface area contributed by atoms with E-state index < -0.39 is 0 Å². The number of hydrogen-bond donors (Lipinski definition) is 1. The van der Waals surface area contributed by atoms with Crippen LogP contribution in [-0.2, 0) is 13.0 Å². The molecule has 2 rings (SSSR count). The standard InChI is InChI=1S/C15H21N3O2/c1-3-7-14-17-15(20-18-14)10-19-13-9-6-5-8-11(13)12(16)4-2/h5-6,8-9,12H,3-4,7,10,16H2,1-2H3. The van der Waals surface area contributed by atoms with Gasteiger partial charge in [0, 0.05) is 18.0 Å². The van der Waals surface area contributed by atoms with Crippen LogP contribution >= 0.6 is 0 Å². The molecule has 0 saturated carbocycles. The van der Waals surface area contributed by atoms with Crippen molar-refractivity contribution in [3.05, 3.63) is 41.5 Å². The molecule has 0 fully saturated rings. The minimum atomic E-state index is -0.0236. The summed E-state index contributed by atoms with van der Waals surface area (Å²) in [5.74, 6) is 2.00. The van der Waals surface area contributed by atoms with Gasteiger partial charge in [0.15, 0.2) is 12.4 Å². The monoisotopic (exact) mass is 275 g/mol. The molecule has 108 valence electrons. The molecule has 1 unspecified atom stereocenters. The number of nitrogens with two attached hydrogens (primary N) is 1. The topological polar surface area (TPSA) is 74.2 Å². The van der Waals surface area contributed by atoms with E-state index in [1.54, 1.807) is 0 Å². The van der Waals surface area contributed by atoms with E-state index in [2.05, 4.69) is 24.0 Å². The van der Waals surface area contributed by atoms with Gasteiger partial charge in [-0.1, -0.05) is 37.2 Å². The maximum atomic E-state index is 6.08. The lowest BCUT2D eigenvalue weighted by Crippen LogP contribution is -2.10. The second-order valence-electron chi connectivity index (χ2n) is 4.70. The number of benzene rings is 1. The van der Waals surface area contributed by atoms with Crippen LogP contribution in [0.1, 0.15) is 50.0 Å². The van der Waals surface area contributed by atoms with Gasteiger partial charge in [0.05, 0.1) is 0 Å². The SMILES string of the molecule is CCCc1noc(COc2ccccc2C(N)CC)n1. The quantitative estimate of drug-likeness (QED) is 0.840. The van der Waals surface area contributed by atoms with Crippen molar-refractivity contribution in [2.75, 3.05) is 0 Å². The lowest BCUT2D eigenvalue weighted by Gasteiger charge is -2.14.